The highest BCUT2D eigenvalue weighted by molar-refractivity contribution is 5.80. The predicted molar refractivity (Wildman–Crippen MR) is 82.5 cm³/mol. The van der Waals surface area contributed by atoms with E-state index in [1.54, 1.807) is 12.1 Å². The Hall–Kier alpha value is -2.66. The summed E-state index contributed by atoms with van der Waals surface area (Å²) >= 11 is 0. The van der Waals surface area contributed by atoms with Crippen LogP contribution in [0.3, 0.4) is 0 Å². The predicted octanol–water partition coefficient (Wildman–Crippen LogP) is 2.67. The van der Waals surface area contributed by atoms with Gasteiger partial charge in [-0.1, -0.05) is 30.3 Å². The van der Waals surface area contributed by atoms with Gasteiger partial charge in [-0.05, 0) is 29.3 Å². The molecule has 0 atom stereocenters. The summed E-state index contributed by atoms with van der Waals surface area (Å²) in [6.45, 7) is 0.425. The van der Waals surface area contributed by atoms with E-state index in [4.69, 9.17) is 5.11 Å². The Bertz CT molecular complexity index is 622. The maximum absolute atomic E-state index is 10.7. The van der Waals surface area contributed by atoms with Crippen LogP contribution in [0, 0.1) is 10.1 Å². The van der Waals surface area contributed by atoms with Gasteiger partial charge >= 0.3 is 0 Å². The Kier molecular flexibility index (Phi) is 5.06. The number of aliphatic hydroxyl groups is 1. The van der Waals surface area contributed by atoms with Crippen molar-refractivity contribution in [3.63, 3.8) is 0 Å². The number of benzene rings is 2. The molecule has 0 heterocycles. The molecule has 5 heteroatoms. The summed E-state index contributed by atoms with van der Waals surface area (Å²) in [5.41, 5.74) is 2.71. The second kappa shape index (κ2) is 7.21. The molecule has 2 rings (SSSR count). The quantitative estimate of drug-likeness (QED) is 0.486. The lowest BCUT2D eigenvalue weighted by Gasteiger charge is -2.10. The van der Waals surface area contributed by atoms with Crippen LogP contribution in [0.15, 0.2) is 54.6 Å². The topological polar surface area (TPSA) is 75.4 Å². The fourth-order valence-corrected chi connectivity index (χ4v) is 1.91. The van der Waals surface area contributed by atoms with Crippen molar-refractivity contribution in [1.82, 2.24) is 5.32 Å². The lowest BCUT2D eigenvalue weighted by atomic mass is 10.1. The second-order valence-electron chi connectivity index (χ2n) is 4.42. The largest absolute Gasteiger partial charge is 0.395 e. The van der Waals surface area contributed by atoms with Crippen LogP contribution >= 0.6 is 0 Å². The van der Waals surface area contributed by atoms with Gasteiger partial charge in [0.15, 0.2) is 0 Å². The minimum absolute atomic E-state index is 0.0130. The van der Waals surface area contributed by atoms with E-state index in [1.165, 1.54) is 12.1 Å². The number of nitrogens with one attached hydrogen (secondary N) is 1. The van der Waals surface area contributed by atoms with Crippen LogP contribution in [0.2, 0.25) is 0 Å². The van der Waals surface area contributed by atoms with Crippen LogP contribution in [-0.2, 0) is 0 Å². The van der Waals surface area contributed by atoms with Crippen molar-refractivity contribution in [3.05, 3.63) is 75.8 Å². The van der Waals surface area contributed by atoms with Crippen molar-refractivity contribution >= 4 is 17.5 Å². The molecule has 0 aliphatic heterocycles. The molecule has 0 unspecified atom stereocenters. The van der Waals surface area contributed by atoms with Crippen LogP contribution < -0.4 is 5.32 Å². The smallest absolute Gasteiger partial charge is 0.269 e. The molecule has 0 saturated heterocycles. The number of nitrogens with zero attached hydrogens (tertiary/aromatic N) is 1. The molecule has 0 radical (unpaired) electrons. The average Bonchev–Trinajstić information content (AvgIpc) is 2.52. The van der Waals surface area contributed by atoms with E-state index in [1.807, 2.05) is 36.4 Å². The molecule has 108 valence electrons. The van der Waals surface area contributed by atoms with Crippen molar-refractivity contribution in [2.75, 3.05) is 13.2 Å². The van der Waals surface area contributed by atoms with Gasteiger partial charge in [0, 0.05) is 24.4 Å². The number of hydrogen-bond donors (Lipinski definition) is 2. The van der Waals surface area contributed by atoms with E-state index in [2.05, 4.69) is 5.32 Å². The van der Waals surface area contributed by atoms with Crippen molar-refractivity contribution in [2.24, 2.45) is 0 Å². The zero-order valence-electron chi connectivity index (χ0n) is 11.4. The highest BCUT2D eigenvalue weighted by Crippen LogP contribution is 2.19. The molecule has 0 aromatic heterocycles. The van der Waals surface area contributed by atoms with Gasteiger partial charge in [-0.15, -0.1) is 0 Å². The summed E-state index contributed by atoms with van der Waals surface area (Å²) in [6, 6.07) is 16.1. The minimum Gasteiger partial charge on any atom is -0.395 e. The molecule has 0 aliphatic rings. The van der Waals surface area contributed by atoms with E-state index < -0.39 is 4.92 Å². The molecule has 0 spiro atoms. The van der Waals surface area contributed by atoms with Gasteiger partial charge in [0.25, 0.3) is 5.69 Å². The third kappa shape index (κ3) is 4.15. The van der Waals surface area contributed by atoms with Gasteiger partial charge in [-0.25, -0.2) is 0 Å². The standard InChI is InChI=1S/C16H16N2O3/c19-11-10-17-16(12-13-4-2-1-3-5-13)14-6-8-15(9-7-14)18(20)21/h1-9,12,17,19H,10-11H2. The summed E-state index contributed by atoms with van der Waals surface area (Å²) in [6.07, 6.45) is 1.94. The van der Waals surface area contributed by atoms with Crippen molar-refractivity contribution in [1.29, 1.82) is 0 Å². The number of non-ortho nitro benzene ring substituents is 1. The minimum atomic E-state index is -0.425. The van der Waals surface area contributed by atoms with E-state index >= 15 is 0 Å². The van der Waals surface area contributed by atoms with Crippen LogP contribution in [0.4, 0.5) is 5.69 Å². The zero-order valence-corrected chi connectivity index (χ0v) is 11.4. The summed E-state index contributed by atoms with van der Waals surface area (Å²) in [4.78, 5) is 10.3. The first kappa shape index (κ1) is 14.7. The second-order valence-corrected chi connectivity index (χ2v) is 4.42. The molecule has 2 aromatic carbocycles. The van der Waals surface area contributed by atoms with Crippen LogP contribution in [0.1, 0.15) is 11.1 Å². The SMILES string of the molecule is O=[N+]([O-])c1ccc(C(=Cc2ccccc2)NCCO)cc1. The van der Waals surface area contributed by atoms with Gasteiger partial charge in [-0.2, -0.15) is 0 Å². The molecule has 0 fully saturated rings. The molecule has 0 amide bonds. The van der Waals surface area contributed by atoms with Crippen molar-refractivity contribution in [2.45, 2.75) is 0 Å². The molecular weight excluding hydrogens is 268 g/mol. The Morgan fingerprint density at radius 2 is 1.81 bits per heavy atom. The van der Waals surface area contributed by atoms with Gasteiger partial charge in [0.05, 0.1) is 11.5 Å². The van der Waals surface area contributed by atoms with Gasteiger partial charge < -0.3 is 10.4 Å². The summed E-state index contributed by atoms with van der Waals surface area (Å²) in [5.74, 6) is 0. The summed E-state index contributed by atoms with van der Waals surface area (Å²) < 4.78 is 0. The summed E-state index contributed by atoms with van der Waals surface area (Å²) in [7, 11) is 0. The highest BCUT2D eigenvalue weighted by Gasteiger charge is 2.07. The molecular formula is C16H16N2O3. The lowest BCUT2D eigenvalue weighted by molar-refractivity contribution is -0.384. The van der Waals surface area contributed by atoms with Crippen molar-refractivity contribution in [3.8, 4) is 0 Å². The third-order valence-corrected chi connectivity index (χ3v) is 2.93. The molecule has 2 aromatic rings. The molecule has 21 heavy (non-hydrogen) atoms. The molecule has 5 nitrogen and oxygen atoms in total. The Morgan fingerprint density at radius 1 is 1.14 bits per heavy atom. The fraction of sp³-hybridized carbons (Fsp3) is 0.125. The normalized spacial score (nSPS) is 11.2. The Labute approximate surface area is 122 Å². The van der Waals surface area contributed by atoms with E-state index in [0.29, 0.717) is 6.54 Å². The van der Waals surface area contributed by atoms with Crippen LogP contribution in [0.25, 0.3) is 11.8 Å². The Balaban J connectivity index is 2.31. The van der Waals surface area contributed by atoms with E-state index in [0.717, 1.165) is 16.8 Å². The van der Waals surface area contributed by atoms with Gasteiger partial charge in [-0.3, -0.25) is 10.1 Å². The number of aliphatic hydroxyl groups excluding tert-OH is 1. The fourth-order valence-electron chi connectivity index (χ4n) is 1.91. The first-order chi connectivity index (χ1) is 10.2. The number of nitro groups is 1. The highest BCUT2D eigenvalue weighted by atomic mass is 16.6. The van der Waals surface area contributed by atoms with Gasteiger partial charge in [0.2, 0.25) is 0 Å². The number of nitro benzene ring substituents is 1. The van der Waals surface area contributed by atoms with Gasteiger partial charge in [0.1, 0.15) is 0 Å². The maximum atomic E-state index is 10.7. The third-order valence-electron chi connectivity index (χ3n) is 2.93. The zero-order chi connectivity index (χ0) is 15.1. The molecule has 0 bridgehead atoms. The van der Waals surface area contributed by atoms with E-state index in [-0.39, 0.29) is 12.3 Å². The lowest BCUT2D eigenvalue weighted by Crippen LogP contribution is -2.16. The molecule has 2 N–H and O–H groups in total. The van der Waals surface area contributed by atoms with Crippen LogP contribution in [0.5, 0.6) is 0 Å². The Morgan fingerprint density at radius 3 is 2.38 bits per heavy atom. The maximum Gasteiger partial charge on any atom is 0.269 e. The first-order valence-electron chi connectivity index (χ1n) is 6.57. The summed E-state index contributed by atoms with van der Waals surface area (Å²) in [5, 5.41) is 22.8. The van der Waals surface area contributed by atoms with E-state index in [9.17, 15) is 10.1 Å². The monoisotopic (exact) mass is 284 g/mol. The number of rotatable bonds is 6. The first-order valence-corrected chi connectivity index (χ1v) is 6.57. The number of hydrogen-bond acceptors (Lipinski definition) is 4. The molecule has 0 saturated carbocycles. The van der Waals surface area contributed by atoms with Crippen LogP contribution in [-0.4, -0.2) is 23.2 Å². The average molecular weight is 284 g/mol. The molecule has 0 aliphatic carbocycles. The van der Waals surface area contributed by atoms with Crippen molar-refractivity contribution < 1.29 is 10.0 Å².